The Morgan fingerprint density at radius 3 is 1.70 bits per heavy atom. The van der Waals surface area contributed by atoms with Crippen molar-refractivity contribution in [2.24, 2.45) is 0 Å². The van der Waals surface area contributed by atoms with E-state index in [4.69, 9.17) is 4.74 Å². The Morgan fingerprint density at radius 2 is 1.00 bits per heavy atom. The van der Waals surface area contributed by atoms with Crippen LogP contribution in [0.15, 0.2) is 206 Å². The van der Waals surface area contributed by atoms with Crippen LogP contribution in [0.25, 0.3) is 49.9 Å². The van der Waals surface area contributed by atoms with Crippen LogP contribution in [0.4, 0.5) is 17.2 Å². The fourth-order valence-electron chi connectivity index (χ4n) is 14.9. The first-order valence-corrected chi connectivity index (χ1v) is 27.1. The number of hydrogen-bond acceptors (Lipinski definition) is 2. The lowest BCUT2D eigenvalue weighted by Gasteiger charge is -2.48. The Morgan fingerprint density at radius 1 is 0.439 bits per heavy atom. The smallest absolute Gasteiger partial charge is 0.321 e. The average Bonchev–Trinajstić information content (AvgIpc) is 3.99. The number of anilines is 3. The molecule has 66 heavy (non-hydrogen) atoms. The van der Waals surface area contributed by atoms with Gasteiger partial charge in [0.15, 0.2) is 16.1 Å². The summed E-state index contributed by atoms with van der Waals surface area (Å²) >= 11 is 0. The van der Waals surface area contributed by atoms with Crippen LogP contribution in [0.3, 0.4) is 0 Å². The second-order valence-corrected chi connectivity index (χ2v) is 26.4. The van der Waals surface area contributed by atoms with Crippen LogP contribution in [0, 0.1) is 0 Å². The first-order valence-electron chi connectivity index (χ1n) is 23.1. The molecule has 0 fully saturated rings. The van der Waals surface area contributed by atoms with Crippen molar-refractivity contribution in [2.45, 2.75) is 5.66 Å². The Labute approximate surface area is 380 Å². The Bertz CT molecular complexity index is 4120. The van der Waals surface area contributed by atoms with E-state index in [-0.39, 0.29) is 0 Å². The summed E-state index contributed by atoms with van der Waals surface area (Å²) in [7, 11) is -5.88. The van der Waals surface area contributed by atoms with Gasteiger partial charge in [-0.25, -0.2) is 0 Å². The summed E-state index contributed by atoms with van der Waals surface area (Å²) in [6.45, 7) is 0. The number of ether oxygens (including phenoxy) is 1. The van der Waals surface area contributed by atoms with Crippen molar-refractivity contribution in [3.05, 3.63) is 218 Å². The van der Waals surface area contributed by atoms with Gasteiger partial charge >= 0.3 is 5.66 Å². The van der Waals surface area contributed by atoms with Crippen LogP contribution >= 0.6 is 0 Å². The number of hydrogen-bond donors (Lipinski definition) is 0. The van der Waals surface area contributed by atoms with Crippen molar-refractivity contribution in [1.82, 2.24) is 4.57 Å². The second-order valence-electron chi connectivity index (χ2n) is 19.1. The normalized spacial score (nSPS) is 18.1. The van der Waals surface area contributed by atoms with Gasteiger partial charge in [0.25, 0.3) is 17.3 Å². The van der Waals surface area contributed by atoms with Crippen LogP contribution in [0.2, 0.25) is 0 Å². The average molecular weight is 871 g/mol. The molecule has 0 N–H and O–H groups in total. The molecule has 1 atom stereocenters. The molecule has 302 valence electrons. The van der Waals surface area contributed by atoms with E-state index in [1.54, 1.807) is 0 Å². The lowest BCUT2D eigenvalue weighted by molar-refractivity contribution is -0.960. The Kier molecular flexibility index (Phi) is 5.42. The van der Waals surface area contributed by atoms with Gasteiger partial charge in [0.2, 0.25) is 0 Å². The van der Waals surface area contributed by atoms with Gasteiger partial charge in [0.1, 0.15) is 33.9 Å². The van der Waals surface area contributed by atoms with Gasteiger partial charge in [-0.3, -0.25) is 0 Å². The second kappa shape index (κ2) is 10.7. The highest BCUT2D eigenvalue weighted by Gasteiger charge is 2.70. The lowest BCUT2D eigenvalue weighted by Crippen LogP contribution is -2.84. The van der Waals surface area contributed by atoms with Gasteiger partial charge in [-0.2, -0.15) is 14.0 Å². The highest BCUT2D eigenvalue weighted by Crippen LogP contribution is 2.56. The molecule has 3 spiro atoms. The van der Waals surface area contributed by atoms with Crippen molar-refractivity contribution in [2.75, 3.05) is 4.90 Å². The standard InChI is InChI=1S/C59H34N4OSi2/c1-8-24-45-35(15-1)36-16-2-9-25-46(36)65(45)49-28-12-7-23-43(49)61-42-22-6-5-21-41(42)59-54-44(64-53-33-32-52(65)58(61)63(53)59)30-31-51-56(54)62-55-39(40-20-14-34-60(59)57(40)62)19-13-29-50(55)66(51)47-26-10-3-17-37(47)38-18-4-11-27-48(38)66/h1-34H/q+2. The van der Waals surface area contributed by atoms with Crippen molar-refractivity contribution >= 4 is 96.8 Å². The maximum absolute atomic E-state index is 7.54. The molecule has 7 aliphatic heterocycles. The number of pyridine rings is 2. The van der Waals surface area contributed by atoms with E-state index in [1.807, 2.05) is 0 Å². The minimum absolute atomic E-state index is 0.845. The summed E-state index contributed by atoms with van der Waals surface area (Å²) < 4.78 is 15.5. The summed E-state index contributed by atoms with van der Waals surface area (Å²) in [6.07, 6.45) is 2.36. The van der Waals surface area contributed by atoms with Gasteiger partial charge in [-0.05, 0) is 91.5 Å². The number of para-hydroxylation sites is 3. The molecule has 1 unspecified atom stereocenters. The fraction of sp³-hybridized carbons (Fsp3) is 0.0169. The zero-order chi connectivity index (χ0) is 42.4. The predicted octanol–water partition coefficient (Wildman–Crippen LogP) is 6.20. The van der Waals surface area contributed by atoms with E-state index >= 15 is 0 Å². The molecule has 0 bridgehead atoms. The maximum atomic E-state index is 7.54. The third-order valence-corrected chi connectivity index (χ3v) is 26.6. The minimum Gasteiger partial charge on any atom is -0.422 e. The molecule has 18 rings (SSSR count). The van der Waals surface area contributed by atoms with Gasteiger partial charge < -0.3 is 4.74 Å². The number of benzene rings is 8. The van der Waals surface area contributed by atoms with E-state index in [9.17, 15) is 0 Å². The number of rotatable bonds is 0. The zero-order valence-electron chi connectivity index (χ0n) is 35.3. The highest BCUT2D eigenvalue weighted by molar-refractivity contribution is 7.24. The van der Waals surface area contributed by atoms with Crippen LogP contribution in [-0.2, 0) is 5.66 Å². The Balaban J connectivity index is 1.09. The fourth-order valence-corrected chi connectivity index (χ4v) is 25.9. The first-order chi connectivity index (χ1) is 32.8. The van der Waals surface area contributed by atoms with Gasteiger partial charge in [0, 0.05) is 32.2 Å². The first kappa shape index (κ1) is 33.4. The van der Waals surface area contributed by atoms with Gasteiger partial charge in [0.05, 0.1) is 17.1 Å². The van der Waals surface area contributed by atoms with E-state index in [0.29, 0.717) is 0 Å². The molecule has 0 saturated carbocycles. The molecular weight excluding hydrogens is 837 g/mol. The predicted molar refractivity (Wildman–Crippen MR) is 266 cm³/mol. The van der Waals surface area contributed by atoms with Crippen LogP contribution in [-0.4, -0.2) is 20.7 Å². The van der Waals surface area contributed by atoms with E-state index in [1.165, 1.54) is 120 Å². The van der Waals surface area contributed by atoms with Crippen molar-refractivity contribution in [3.8, 4) is 39.6 Å². The Hall–Kier alpha value is -8.11. The summed E-state index contributed by atoms with van der Waals surface area (Å²) in [5.74, 6) is 2.95. The summed E-state index contributed by atoms with van der Waals surface area (Å²) in [6, 6.07) is 77.2. The molecule has 7 heteroatoms. The monoisotopic (exact) mass is 870 g/mol. The van der Waals surface area contributed by atoms with Gasteiger partial charge in [-0.1, -0.05) is 146 Å². The van der Waals surface area contributed by atoms with Crippen LogP contribution in [0.1, 0.15) is 11.1 Å². The van der Waals surface area contributed by atoms with Crippen molar-refractivity contribution in [1.29, 1.82) is 0 Å². The summed E-state index contributed by atoms with van der Waals surface area (Å²) in [4.78, 5) is 2.60. The molecule has 3 aromatic heterocycles. The van der Waals surface area contributed by atoms with E-state index in [0.717, 1.165) is 11.6 Å². The lowest BCUT2D eigenvalue weighted by atomic mass is 9.82. The molecule has 8 aromatic carbocycles. The quantitative estimate of drug-likeness (QED) is 0.134. The van der Waals surface area contributed by atoms with Crippen LogP contribution < -0.4 is 60.3 Å². The van der Waals surface area contributed by atoms with E-state index in [2.05, 4.69) is 225 Å². The summed E-state index contributed by atoms with van der Waals surface area (Å²) in [5, 5.41) is 14.1. The van der Waals surface area contributed by atoms with Crippen molar-refractivity contribution in [3.63, 3.8) is 0 Å². The maximum Gasteiger partial charge on any atom is 0.321 e. The van der Waals surface area contributed by atoms with E-state index < -0.39 is 21.8 Å². The molecule has 0 amide bonds. The third-order valence-electron chi connectivity index (χ3n) is 16.8. The third kappa shape index (κ3) is 3.13. The molecule has 0 radical (unpaired) electrons. The molecule has 5 nitrogen and oxygen atoms in total. The molecule has 0 aliphatic carbocycles. The number of fused-ring (bicyclic) bond motifs is 19. The zero-order valence-corrected chi connectivity index (χ0v) is 37.3. The molecular formula is C59H34N4OSi2+2. The SMILES string of the molecule is c1ccc2c(c1)-c1ccccc1[Si]21c2ccccc2N2c3ccccc3C34c5c(ccc6c5-n5c7c(cccc7c7ccc[n+]3c75)[Si]63c5ccccc5-c5ccccc53)Oc3ccc1c2[n+]34. The largest absolute Gasteiger partial charge is 0.422 e. The minimum atomic E-state index is -2.95. The molecule has 11 aromatic rings. The van der Waals surface area contributed by atoms with Crippen LogP contribution in [0.5, 0.6) is 11.6 Å². The molecule has 10 heterocycles. The summed E-state index contributed by atoms with van der Waals surface area (Å²) in [5.41, 5.74) is 13.3. The topological polar surface area (TPSA) is 25.2 Å². The number of aromatic nitrogens is 3. The van der Waals surface area contributed by atoms with Crippen molar-refractivity contribution < 1.29 is 13.9 Å². The molecule has 0 saturated heterocycles. The highest BCUT2D eigenvalue weighted by atomic mass is 28.3. The van der Waals surface area contributed by atoms with Gasteiger partial charge in [-0.15, -0.1) is 4.57 Å². The number of nitrogens with zero attached hydrogens (tertiary/aromatic N) is 4. The molecule has 7 aliphatic rings.